The number of nitrogens with one attached hydrogen (secondary N) is 1. The summed E-state index contributed by atoms with van der Waals surface area (Å²) in [5, 5.41) is 2.97. The molecule has 0 spiro atoms. The van der Waals surface area contributed by atoms with E-state index in [9.17, 15) is 13.2 Å². The quantitative estimate of drug-likeness (QED) is 0.704. The van der Waals surface area contributed by atoms with Crippen molar-refractivity contribution in [2.24, 2.45) is 0 Å². The number of hydrogen-bond acceptors (Lipinski definition) is 3. The standard InChI is InChI=1S/C8H14F3NOS/c1-14-7(2-3-7)6-12-4-5-13-8(9,10)11/h12H,2-6H2,1H3. The molecule has 0 unspecified atom stereocenters. The lowest BCUT2D eigenvalue weighted by atomic mass is 10.4. The number of rotatable bonds is 6. The van der Waals surface area contributed by atoms with E-state index in [1.807, 2.05) is 6.26 Å². The molecule has 1 aliphatic carbocycles. The van der Waals surface area contributed by atoms with Crippen molar-refractivity contribution in [2.45, 2.75) is 24.0 Å². The molecule has 1 aliphatic rings. The maximum Gasteiger partial charge on any atom is 0.522 e. The maximum absolute atomic E-state index is 11.5. The van der Waals surface area contributed by atoms with Crippen LogP contribution in [0, 0.1) is 0 Å². The third kappa shape index (κ3) is 4.52. The van der Waals surface area contributed by atoms with Gasteiger partial charge in [0.2, 0.25) is 0 Å². The first-order chi connectivity index (χ1) is 6.47. The third-order valence-corrected chi connectivity index (χ3v) is 3.65. The molecule has 14 heavy (non-hydrogen) atoms. The van der Waals surface area contributed by atoms with Crippen molar-refractivity contribution in [3.05, 3.63) is 0 Å². The summed E-state index contributed by atoms with van der Waals surface area (Å²) in [4.78, 5) is 0. The molecule has 0 heterocycles. The molecule has 1 fully saturated rings. The van der Waals surface area contributed by atoms with Crippen LogP contribution in [0.5, 0.6) is 0 Å². The molecular weight excluding hydrogens is 215 g/mol. The monoisotopic (exact) mass is 229 g/mol. The predicted molar refractivity (Wildman–Crippen MR) is 50.4 cm³/mol. The van der Waals surface area contributed by atoms with Crippen molar-refractivity contribution in [1.82, 2.24) is 5.32 Å². The Hall–Kier alpha value is 0.0600. The van der Waals surface area contributed by atoms with Gasteiger partial charge in [-0.15, -0.1) is 13.2 Å². The van der Waals surface area contributed by atoms with Crippen molar-refractivity contribution >= 4 is 11.8 Å². The van der Waals surface area contributed by atoms with Crippen LogP contribution in [0.2, 0.25) is 0 Å². The van der Waals surface area contributed by atoms with Crippen LogP contribution in [0.15, 0.2) is 0 Å². The Morgan fingerprint density at radius 1 is 1.43 bits per heavy atom. The molecule has 0 amide bonds. The van der Waals surface area contributed by atoms with E-state index in [0.717, 1.165) is 19.4 Å². The molecule has 1 saturated carbocycles. The van der Waals surface area contributed by atoms with Crippen LogP contribution in [-0.2, 0) is 4.74 Å². The second-order valence-corrected chi connectivity index (χ2v) is 4.63. The zero-order chi connectivity index (χ0) is 10.7. The van der Waals surface area contributed by atoms with E-state index in [1.165, 1.54) is 0 Å². The summed E-state index contributed by atoms with van der Waals surface area (Å²) in [5.74, 6) is 0. The van der Waals surface area contributed by atoms with Crippen molar-refractivity contribution in [1.29, 1.82) is 0 Å². The normalized spacial score (nSPS) is 19.7. The summed E-state index contributed by atoms with van der Waals surface area (Å²) in [6, 6.07) is 0. The smallest absolute Gasteiger partial charge is 0.313 e. The fourth-order valence-corrected chi connectivity index (χ4v) is 1.90. The molecule has 0 aromatic rings. The molecule has 0 bridgehead atoms. The largest absolute Gasteiger partial charge is 0.522 e. The van der Waals surface area contributed by atoms with E-state index < -0.39 is 6.36 Å². The SMILES string of the molecule is CSC1(CNCCOC(F)(F)F)CC1. The minimum atomic E-state index is -4.50. The molecular formula is C8H14F3NOS. The van der Waals surface area contributed by atoms with Crippen LogP contribution in [0.4, 0.5) is 13.2 Å². The van der Waals surface area contributed by atoms with Gasteiger partial charge < -0.3 is 5.32 Å². The molecule has 0 atom stereocenters. The van der Waals surface area contributed by atoms with Gasteiger partial charge in [-0.1, -0.05) is 0 Å². The Kier molecular flexibility index (Phi) is 4.09. The number of ether oxygens (including phenoxy) is 1. The zero-order valence-electron chi connectivity index (χ0n) is 7.99. The summed E-state index contributed by atoms with van der Waals surface area (Å²) in [6.45, 7) is 0.713. The second-order valence-electron chi connectivity index (χ2n) is 3.36. The van der Waals surface area contributed by atoms with E-state index in [-0.39, 0.29) is 17.9 Å². The predicted octanol–water partition coefficient (Wildman–Crippen LogP) is 2.01. The van der Waals surface area contributed by atoms with E-state index in [0.29, 0.717) is 0 Å². The highest BCUT2D eigenvalue weighted by molar-refractivity contribution is 8.00. The van der Waals surface area contributed by atoms with E-state index in [1.54, 1.807) is 11.8 Å². The highest BCUT2D eigenvalue weighted by Gasteiger charge is 2.41. The lowest BCUT2D eigenvalue weighted by Crippen LogP contribution is -2.30. The lowest BCUT2D eigenvalue weighted by Gasteiger charge is -2.13. The van der Waals surface area contributed by atoms with Crippen molar-refractivity contribution in [3.8, 4) is 0 Å². The second kappa shape index (κ2) is 4.72. The summed E-state index contributed by atoms with van der Waals surface area (Å²) < 4.78 is 38.5. The Bertz CT molecular complexity index is 182. The van der Waals surface area contributed by atoms with E-state index in [2.05, 4.69) is 10.1 Å². The summed E-state index contributed by atoms with van der Waals surface area (Å²) in [7, 11) is 0. The first-order valence-corrected chi connectivity index (χ1v) is 5.66. The molecule has 0 radical (unpaired) electrons. The van der Waals surface area contributed by atoms with Gasteiger partial charge in [0.15, 0.2) is 0 Å². The van der Waals surface area contributed by atoms with Gasteiger partial charge in [-0.25, -0.2) is 0 Å². The van der Waals surface area contributed by atoms with Crippen molar-refractivity contribution in [2.75, 3.05) is 26.0 Å². The fourth-order valence-electron chi connectivity index (χ4n) is 1.15. The first-order valence-electron chi connectivity index (χ1n) is 4.44. The molecule has 0 aromatic carbocycles. The van der Waals surface area contributed by atoms with Crippen LogP contribution in [-0.4, -0.2) is 37.1 Å². The molecule has 0 aliphatic heterocycles. The Morgan fingerprint density at radius 2 is 2.07 bits per heavy atom. The van der Waals surface area contributed by atoms with Gasteiger partial charge in [-0.3, -0.25) is 4.74 Å². The maximum atomic E-state index is 11.5. The van der Waals surface area contributed by atoms with Crippen LogP contribution >= 0.6 is 11.8 Å². The number of alkyl halides is 3. The Labute approximate surface area is 85.6 Å². The molecule has 0 aromatic heterocycles. The molecule has 1 N–H and O–H groups in total. The average molecular weight is 229 g/mol. The summed E-state index contributed by atoms with van der Waals surface area (Å²) >= 11 is 1.78. The van der Waals surface area contributed by atoms with Crippen LogP contribution in [0.3, 0.4) is 0 Å². The molecule has 0 saturated heterocycles. The molecule has 1 rings (SSSR count). The molecule has 2 nitrogen and oxygen atoms in total. The van der Waals surface area contributed by atoms with Crippen molar-refractivity contribution < 1.29 is 17.9 Å². The first kappa shape index (κ1) is 12.1. The van der Waals surface area contributed by atoms with Crippen molar-refractivity contribution in [3.63, 3.8) is 0 Å². The zero-order valence-corrected chi connectivity index (χ0v) is 8.80. The van der Waals surface area contributed by atoms with E-state index >= 15 is 0 Å². The topological polar surface area (TPSA) is 21.3 Å². The number of hydrogen-bond donors (Lipinski definition) is 1. The highest BCUT2D eigenvalue weighted by atomic mass is 32.2. The van der Waals surface area contributed by atoms with Gasteiger partial charge in [-0.2, -0.15) is 11.8 Å². The van der Waals surface area contributed by atoms with Gasteiger partial charge in [0.05, 0.1) is 6.61 Å². The van der Waals surface area contributed by atoms with Gasteiger partial charge in [0.1, 0.15) is 0 Å². The van der Waals surface area contributed by atoms with Crippen LogP contribution in [0.1, 0.15) is 12.8 Å². The summed E-state index contributed by atoms with van der Waals surface area (Å²) in [6.07, 6.45) is -0.165. The van der Waals surface area contributed by atoms with Gasteiger partial charge in [0.25, 0.3) is 0 Å². The number of thioether (sulfide) groups is 1. The van der Waals surface area contributed by atoms with Gasteiger partial charge in [-0.05, 0) is 19.1 Å². The van der Waals surface area contributed by atoms with Gasteiger partial charge in [0, 0.05) is 17.8 Å². The highest BCUT2D eigenvalue weighted by Crippen LogP contribution is 2.46. The fraction of sp³-hybridized carbons (Fsp3) is 1.00. The van der Waals surface area contributed by atoms with E-state index in [4.69, 9.17) is 0 Å². The third-order valence-electron chi connectivity index (χ3n) is 2.23. The summed E-state index contributed by atoms with van der Waals surface area (Å²) in [5.41, 5.74) is 0. The van der Waals surface area contributed by atoms with Crippen LogP contribution < -0.4 is 5.32 Å². The minimum absolute atomic E-state index is 0.252. The number of halogens is 3. The van der Waals surface area contributed by atoms with Crippen LogP contribution in [0.25, 0.3) is 0 Å². The Morgan fingerprint density at radius 3 is 2.50 bits per heavy atom. The minimum Gasteiger partial charge on any atom is -0.313 e. The Balaban J connectivity index is 1.95. The average Bonchev–Trinajstić information content (AvgIpc) is 2.83. The molecule has 84 valence electrons. The molecule has 6 heteroatoms. The van der Waals surface area contributed by atoms with Gasteiger partial charge >= 0.3 is 6.36 Å². The lowest BCUT2D eigenvalue weighted by molar-refractivity contribution is -0.323.